The van der Waals surface area contributed by atoms with Gasteiger partial charge in [-0.3, -0.25) is 4.98 Å². The molecule has 78 valence electrons. The van der Waals surface area contributed by atoms with E-state index in [-0.39, 0.29) is 0 Å². The van der Waals surface area contributed by atoms with Crippen LogP contribution in [0.1, 0.15) is 5.89 Å². The summed E-state index contributed by atoms with van der Waals surface area (Å²) in [5.74, 6) is 0.607. The number of hydrogen-bond donors (Lipinski definition) is 2. The van der Waals surface area contributed by atoms with E-state index in [1.807, 2.05) is 6.07 Å². The highest BCUT2D eigenvalue weighted by atomic mass is 16.5. The molecule has 15 heavy (non-hydrogen) atoms. The maximum absolute atomic E-state index is 5.70. The average Bonchev–Trinajstić information content (AvgIpc) is 2.74. The zero-order chi connectivity index (χ0) is 10.5. The minimum absolute atomic E-state index is 0.607. The fourth-order valence-electron chi connectivity index (χ4n) is 1.18. The number of anilines is 2. The van der Waals surface area contributed by atoms with Crippen LogP contribution in [0.4, 0.5) is 11.4 Å². The van der Waals surface area contributed by atoms with E-state index in [2.05, 4.69) is 20.4 Å². The van der Waals surface area contributed by atoms with Crippen LogP contribution >= 0.6 is 0 Å². The minimum Gasteiger partial charge on any atom is -0.396 e. The molecule has 0 aliphatic rings. The molecule has 0 bridgehead atoms. The molecule has 0 unspecified atom stereocenters. The Labute approximate surface area is 86.5 Å². The van der Waals surface area contributed by atoms with Gasteiger partial charge in [-0.1, -0.05) is 5.16 Å². The lowest BCUT2D eigenvalue weighted by molar-refractivity contribution is 0.380. The van der Waals surface area contributed by atoms with Crippen molar-refractivity contribution < 1.29 is 4.52 Å². The van der Waals surface area contributed by atoms with Crippen molar-refractivity contribution in [1.82, 2.24) is 15.1 Å². The molecule has 0 saturated heterocycles. The lowest BCUT2D eigenvalue weighted by Crippen LogP contribution is -2.07. The van der Waals surface area contributed by atoms with Gasteiger partial charge in [-0.2, -0.15) is 4.98 Å². The largest absolute Gasteiger partial charge is 0.396 e. The van der Waals surface area contributed by atoms with Gasteiger partial charge in [0.15, 0.2) is 6.33 Å². The first kappa shape index (κ1) is 9.45. The number of hydrogen-bond acceptors (Lipinski definition) is 6. The molecular weight excluding hydrogens is 194 g/mol. The predicted molar refractivity (Wildman–Crippen MR) is 55.1 cm³/mol. The lowest BCUT2D eigenvalue weighted by Gasteiger charge is -2.06. The summed E-state index contributed by atoms with van der Waals surface area (Å²) in [6, 6.07) is 1.82. The summed E-state index contributed by atoms with van der Waals surface area (Å²) in [5, 5.41) is 6.68. The Hall–Kier alpha value is -2.11. The van der Waals surface area contributed by atoms with E-state index in [9.17, 15) is 0 Å². The second kappa shape index (κ2) is 4.41. The highest BCUT2D eigenvalue weighted by Gasteiger charge is 2.00. The molecule has 6 heteroatoms. The zero-order valence-electron chi connectivity index (χ0n) is 8.05. The summed E-state index contributed by atoms with van der Waals surface area (Å²) < 4.78 is 4.86. The second-order valence-electron chi connectivity index (χ2n) is 2.97. The maximum atomic E-state index is 5.70. The number of rotatable bonds is 4. The SMILES string of the molecule is Nc1cnccc1NCCc1ncno1. The summed E-state index contributed by atoms with van der Waals surface area (Å²) in [5.41, 5.74) is 7.20. The third kappa shape index (κ3) is 2.43. The smallest absolute Gasteiger partial charge is 0.228 e. The van der Waals surface area contributed by atoms with Crippen molar-refractivity contribution in [2.24, 2.45) is 0 Å². The van der Waals surface area contributed by atoms with E-state index in [1.165, 1.54) is 6.33 Å². The summed E-state index contributed by atoms with van der Waals surface area (Å²) >= 11 is 0. The van der Waals surface area contributed by atoms with Gasteiger partial charge in [-0.15, -0.1) is 0 Å². The molecule has 2 rings (SSSR count). The van der Waals surface area contributed by atoms with E-state index >= 15 is 0 Å². The third-order valence-electron chi connectivity index (χ3n) is 1.91. The van der Waals surface area contributed by atoms with Crippen LogP contribution in [0.3, 0.4) is 0 Å². The highest BCUT2D eigenvalue weighted by Crippen LogP contribution is 2.14. The quantitative estimate of drug-likeness (QED) is 0.763. The number of nitrogens with one attached hydrogen (secondary N) is 1. The first-order valence-electron chi connectivity index (χ1n) is 4.55. The average molecular weight is 205 g/mol. The molecule has 0 radical (unpaired) electrons. The van der Waals surface area contributed by atoms with Crippen molar-refractivity contribution >= 4 is 11.4 Å². The van der Waals surface area contributed by atoms with Gasteiger partial charge in [0, 0.05) is 19.2 Å². The first-order chi connectivity index (χ1) is 7.36. The number of nitrogen functional groups attached to an aromatic ring is 1. The van der Waals surface area contributed by atoms with Gasteiger partial charge >= 0.3 is 0 Å². The summed E-state index contributed by atoms with van der Waals surface area (Å²) in [6.45, 7) is 0.691. The Kier molecular flexibility index (Phi) is 2.77. The molecule has 3 N–H and O–H groups in total. The Balaban J connectivity index is 1.86. The Morgan fingerprint density at radius 2 is 2.40 bits per heavy atom. The Morgan fingerprint density at radius 3 is 3.13 bits per heavy atom. The van der Waals surface area contributed by atoms with Gasteiger partial charge in [0.25, 0.3) is 0 Å². The van der Waals surface area contributed by atoms with Crippen molar-refractivity contribution in [2.45, 2.75) is 6.42 Å². The van der Waals surface area contributed by atoms with Gasteiger partial charge in [0.2, 0.25) is 5.89 Å². The van der Waals surface area contributed by atoms with Crippen LogP contribution in [0.5, 0.6) is 0 Å². The van der Waals surface area contributed by atoms with Crippen LogP contribution < -0.4 is 11.1 Å². The fourth-order valence-corrected chi connectivity index (χ4v) is 1.18. The van der Waals surface area contributed by atoms with E-state index in [0.717, 1.165) is 5.69 Å². The topological polar surface area (TPSA) is 89.9 Å². The Morgan fingerprint density at radius 1 is 1.47 bits per heavy atom. The van der Waals surface area contributed by atoms with Crippen molar-refractivity contribution in [1.29, 1.82) is 0 Å². The molecule has 0 spiro atoms. The first-order valence-corrected chi connectivity index (χ1v) is 4.55. The van der Waals surface area contributed by atoms with Crippen LogP contribution in [0.2, 0.25) is 0 Å². The van der Waals surface area contributed by atoms with Crippen molar-refractivity contribution in [3.63, 3.8) is 0 Å². The van der Waals surface area contributed by atoms with Gasteiger partial charge in [-0.05, 0) is 6.07 Å². The van der Waals surface area contributed by atoms with Gasteiger partial charge in [-0.25, -0.2) is 0 Å². The molecule has 0 saturated carbocycles. The summed E-state index contributed by atoms with van der Waals surface area (Å²) in [4.78, 5) is 7.81. The van der Waals surface area contributed by atoms with Crippen molar-refractivity contribution in [3.05, 3.63) is 30.7 Å². The van der Waals surface area contributed by atoms with Crippen LogP contribution in [0, 0.1) is 0 Å². The van der Waals surface area contributed by atoms with Gasteiger partial charge < -0.3 is 15.6 Å². The predicted octanol–water partition coefficient (Wildman–Crippen LogP) is 0.701. The molecule has 0 atom stereocenters. The summed E-state index contributed by atoms with van der Waals surface area (Å²) in [6.07, 6.45) is 5.35. The van der Waals surface area contributed by atoms with E-state index in [0.29, 0.717) is 24.5 Å². The molecule has 2 aromatic rings. The molecule has 0 aliphatic heterocycles. The van der Waals surface area contributed by atoms with Crippen LogP contribution in [0.25, 0.3) is 0 Å². The molecule has 6 nitrogen and oxygen atoms in total. The number of nitrogens with zero attached hydrogens (tertiary/aromatic N) is 3. The van der Waals surface area contributed by atoms with Gasteiger partial charge in [0.1, 0.15) is 0 Å². The zero-order valence-corrected chi connectivity index (χ0v) is 8.05. The monoisotopic (exact) mass is 205 g/mol. The molecule has 0 aliphatic carbocycles. The van der Waals surface area contributed by atoms with E-state index in [1.54, 1.807) is 12.4 Å². The fraction of sp³-hybridized carbons (Fsp3) is 0.222. The third-order valence-corrected chi connectivity index (χ3v) is 1.91. The molecule has 2 aromatic heterocycles. The summed E-state index contributed by atoms with van der Waals surface area (Å²) in [7, 11) is 0. The number of nitrogens with two attached hydrogens (primary N) is 1. The molecule has 2 heterocycles. The van der Waals surface area contributed by atoms with Crippen LogP contribution in [-0.4, -0.2) is 21.7 Å². The second-order valence-corrected chi connectivity index (χ2v) is 2.97. The van der Waals surface area contributed by atoms with Crippen LogP contribution in [-0.2, 0) is 6.42 Å². The van der Waals surface area contributed by atoms with Crippen molar-refractivity contribution in [2.75, 3.05) is 17.6 Å². The molecular formula is C9H11N5O. The number of aromatic nitrogens is 3. The molecule has 0 amide bonds. The highest BCUT2D eigenvalue weighted by molar-refractivity contribution is 5.64. The Bertz CT molecular complexity index is 414. The normalized spacial score (nSPS) is 10.1. The van der Waals surface area contributed by atoms with E-state index in [4.69, 9.17) is 10.3 Å². The standard InChI is InChI=1S/C9H11N5O/c10-7-5-11-3-1-8(7)12-4-2-9-13-6-14-15-9/h1,3,5-6H,2,4,10H2,(H,11,12). The van der Waals surface area contributed by atoms with Crippen LogP contribution in [0.15, 0.2) is 29.3 Å². The van der Waals surface area contributed by atoms with Gasteiger partial charge in [0.05, 0.1) is 17.6 Å². The van der Waals surface area contributed by atoms with E-state index < -0.39 is 0 Å². The number of pyridine rings is 1. The van der Waals surface area contributed by atoms with Crippen molar-refractivity contribution in [3.8, 4) is 0 Å². The lowest BCUT2D eigenvalue weighted by atomic mass is 10.3. The molecule has 0 aromatic carbocycles. The minimum atomic E-state index is 0.607. The maximum Gasteiger partial charge on any atom is 0.228 e. The molecule has 0 fully saturated rings.